The average Bonchev–Trinajstić information content (AvgIpc) is 2.39. The number of hydrogen-bond acceptors (Lipinski definition) is 2. The van der Waals surface area contributed by atoms with Gasteiger partial charge in [0.1, 0.15) is 0 Å². The Labute approximate surface area is 72.9 Å². The molecule has 11 heavy (non-hydrogen) atoms. The first-order chi connectivity index (χ1) is 4.82. The molecule has 64 valence electrons. The first-order valence-corrected chi connectivity index (χ1v) is 4.87. The van der Waals surface area contributed by atoms with E-state index in [1.54, 1.807) is 0 Å². The summed E-state index contributed by atoms with van der Waals surface area (Å²) in [6.07, 6.45) is 0. The highest BCUT2D eigenvalue weighted by Gasteiger charge is 2.64. The summed E-state index contributed by atoms with van der Waals surface area (Å²) in [7, 11) is 0. The van der Waals surface area contributed by atoms with E-state index in [2.05, 4.69) is 34.6 Å². The number of carbonyl (C=O) groups excluding carboxylic acids is 1. The molecule has 0 aromatic rings. The van der Waals surface area contributed by atoms with Gasteiger partial charge in [0.05, 0.1) is 4.75 Å². The lowest BCUT2D eigenvalue weighted by atomic mass is 9.75. The lowest BCUT2D eigenvalue weighted by Gasteiger charge is -2.30. The zero-order chi connectivity index (χ0) is 8.86. The summed E-state index contributed by atoms with van der Waals surface area (Å²) >= 11 is 1.52. The molecule has 0 N–H and O–H groups in total. The Balaban J connectivity index is 2.89. The van der Waals surface area contributed by atoms with E-state index in [4.69, 9.17) is 0 Å². The topological polar surface area (TPSA) is 17.1 Å². The lowest BCUT2D eigenvalue weighted by Crippen LogP contribution is -2.35. The van der Waals surface area contributed by atoms with Crippen molar-refractivity contribution in [2.24, 2.45) is 11.3 Å². The second kappa shape index (κ2) is 2.25. The molecule has 1 heterocycles. The molecule has 0 saturated carbocycles. The molecule has 2 heteroatoms. The van der Waals surface area contributed by atoms with Gasteiger partial charge in [-0.05, 0) is 11.3 Å². The summed E-state index contributed by atoms with van der Waals surface area (Å²) in [5.74, 6) is 0.458. The monoisotopic (exact) mass is 172 g/mol. The lowest BCUT2D eigenvalue weighted by molar-refractivity contribution is -0.112. The zero-order valence-corrected chi connectivity index (χ0v) is 8.71. The Morgan fingerprint density at radius 3 is 1.73 bits per heavy atom. The molecule has 1 aliphatic rings. The van der Waals surface area contributed by atoms with Crippen molar-refractivity contribution < 1.29 is 4.79 Å². The number of carbonyl (C=O) groups is 1. The van der Waals surface area contributed by atoms with E-state index in [0.29, 0.717) is 11.0 Å². The van der Waals surface area contributed by atoms with Crippen LogP contribution in [0.2, 0.25) is 0 Å². The molecule has 0 aromatic heterocycles. The molecule has 0 spiro atoms. The largest absolute Gasteiger partial charge is 0.286 e. The first-order valence-electron chi connectivity index (χ1n) is 4.06. The SMILES string of the molecule is CC(C)C1(C(C)(C)C)SC1=O. The molecule has 0 amide bonds. The van der Waals surface area contributed by atoms with Gasteiger partial charge in [0.25, 0.3) is 0 Å². The van der Waals surface area contributed by atoms with E-state index >= 15 is 0 Å². The van der Waals surface area contributed by atoms with Crippen LogP contribution < -0.4 is 0 Å². The summed E-state index contributed by atoms with van der Waals surface area (Å²) in [6.45, 7) is 10.7. The van der Waals surface area contributed by atoms with E-state index in [0.717, 1.165) is 0 Å². The highest BCUT2D eigenvalue weighted by Crippen LogP contribution is 2.62. The Bertz CT molecular complexity index is 190. The van der Waals surface area contributed by atoms with Crippen molar-refractivity contribution in [1.29, 1.82) is 0 Å². The number of rotatable bonds is 1. The highest BCUT2D eigenvalue weighted by molar-refractivity contribution is 8.26. The van der Waals surface area contributed by atoms with Crippen molar-refractivity contribution in [3.63, 3.8) is 0 Å². The Kier molecular flexibility index (Phi) is 1.87. The minimum absolute atomic E-state index is 0.0764. The summed E-state index contributed by atoms with van der Waals surface area (Å²) in [5.41, 5.74) is 0.114. The summed E-state index contributed by atoms with van der Waals surface area (Å²) in [5, 5.41) is 0.375. The van der Waals surface area contributed by atoms with Crippen molar-refractivity contribution in [2.45, 2.75) is 39.4 Å². The van der Waals surface area contributed by atoms with Crippen molar-refractivity contribution in [3.05, 3.63) is 0 Å². The second-order valence-corrected chi connectivity index (χ2v) is 5.75. The van der Waals surface area contributed by atoms with Gasteiger partial charge in [-0.25, -0.2) is 0 Å². The third-order valence-corrected chi connectivity index (χ3v) is 4.34. The van der Waals surface area contributed by atoms with Crippen molar-refractivity contribution in [2.75, 3.05) is 0 Å². The van der Waals surface area contributed by atoms with Gasteiger partial charge in [0.15, 0.2) is 0 Å². The van der Waals surface area contributed by atoms with Gasteiger partial charge in [-0.15, -0.1) is 0 Å². The highest BCUT2D eigenvalue weighted by atomic mass is 32.2. The molecular weight excluding hydrogens is 156 g/mol. The van der Waals surface area contributed by atoms with Gasteiger partial charge in [-0.1, -0.05) is 46.4 Å². The Hall–Kier alpha value is 0.0200. The Morgan fingerprint density at radius 1 is 1.36 bits per heavy atom. The fraction of sp³-hybridized carbons (Fsp3) is 0.889. The van der Waals surface area contributed by atoms with Crippen LogP contribution in [-0.2, 0) is 4.79 Å². The van der Waals surface area contributed by atoms with Gasteiger partial charge >= 0.3 is 0 Å². The number of thioether (sulfide) groups is 1. The van der Waals surface area contributed by atoms with Crippen molar-refractivity contribution in [1.82, 2.24) is 0 Å². The molecule has 1 nitrogen and oxygen atoms in total. The minimum Gasteiger partial charge on any atom is -0.286 e. The first kappa shape index (κ1) is 9.11. The molecular formula is C9H16OS. The predicted octanol–water partition coefficient (Wildman–Crippen LogP) is 2.70. The van der Waals surface area contributed by atoms with Crippen LogP contribution in [0.3, 0.4) is 0 Å². The van der Waals surface area contributed by atoms with Crippen LogP contribution in [0.1, 0.15) is 34.6 Å². The number of hydrogen-bond donors (Lipinski definition) is 0. The van der Waals surface area contributed by atoms with Gasteiger partial charge in [0, 0.05) is 0 Å². The predicted molar refractivity (Wildman–Crippen MR) is 49.6 cm³/mol. The molecule has 1 saturated heterocycles. The molecule has 0 aliphatic carbocycles. The van der Waals surface area contributed by atoms with E-state index in [-0.39, 0.29) is 10.2 Å². The van der Waals surface area contributed by atoms with Gasteiger partial charge in [-0.2, -0.15) is 0 Å². The molecule has 1 atom stereocenters. The minimum atomic E-state index is -0.0764. The molecule has 1 rings (SSSR count). The molecule has 0 radical (unpaired) electrons. The van der Waals surface area contributed by atoms with E-state index in [9.17, 15) is 4.79 Å². The van der Waals surface area contributed by atoms with Crippen LogP contribution in [-0.4, -0.2) is 9.86 Å². The molecule has 0 aromatic carbocycles. The smallest absolute Gasteiger partial charge is 0.207 e. The van der Waals surface area contributed by atoms with E-state index in [1.165, 1.54) is 11.8 Å². The van der Waals surface area contributed by atoms with Gasteiger partial charge < -0.3 is 0 Å². The van der Waals surface area contributed by atoms with Crippen molar-refractivity contribution in [3.8, 4) is 0 Å². The molecule has 0 bridgehead atoms. The van der Waals surface area contributed by atoms with Gasteiger partial charge in [0.2, 0.25) is 5.12 Å². The fourth-order valence-electron chi connectivity index (χ4n) is 1.80. The van der Waals surface area contributed by atoms with Crippen LogP contribution in [0.5, 0.6) is 0 Å². The molecule has 1 fully saturated rings. The third-order valence-electron chi connectivity index (χ3n) is 2.44. The van der Waals surface area contributed by atoms with Crippen LogP contribution in [0.15, 0.2) is 0 Å². The summed E-state index contributed by atoms with van der Waals surface area (Å²) < 4.78 is -0.0764. The normalized spacial score (nSPS) is 31.3. The summed E-state index contributed by atoms with van der Waals surface area (Å²) in [4.78, 5) is 11.3. The molecule has 1 aliphatic heterocycles. The standard InChI is InChI=1S/C9H16OS/c1-6(2)9(7(10)11-9)8(3,4)5/h6H,1-5H3. The second-order valence-electron chi connectivity index (χ2n) is 4.53. The average molecular weight is 172 g/mol. The van der Waals surface area contributed by atoms with Crippen LogP contribution >= 0.6 is 11.8 Å². The fourth-order valence-corrected chi connectivity index (χ4v) is 3.12. The third kappa shape index (κ3) is 1.12. The quantitative estimate of drug-likeness (QED) is 0.566. The maximum Gasteiger partial charge on any atom is 0.207 e. The van der Waals surface area contributed by atoms with Crippen LogP contribution in [0.25, 0.3) is 0 Å². The maximum atomic E-state index is 11.3. The van der Waals surface area contributed by atoms with Crippen molar-refractivity contribution >= 4 is 16.9 Å². The van der Waals surface area contributed by atoms with Crippen LogP contribution in [0.4, 0.5) is 0 Å². The Morgan fingerprint density at radius 2 is 1.73 bits per heavy atom. The van der Waals surface area contributed by atoms with Gasteiger partial charge in [-0.3, -0.25) is 4.79 Å². The molecule has 1 unspecified atom stereocenters. The maximum absolute atomic E-state index is 11.3. The zero-order valence-electron chi connectivity index (χ0n) is 7.89. The van der Waals surface area contributed by atoms with E-state index < -0.39 is 0 Å². The van der Waals surface area contributed by atoms with Crippen LogP contribution in [0, 0.1) is 11.3 Å². The summed E-state index contributed by atoms with van der Waals surface area (Å²) in [6, 6.07) is 0. The van der Waals surface area contributed by atoms with E-state index in [1.807, 2.05) is 0 Å².